The minimum Gasteiger partial charge on any atom is -0.493 e. The van der Waals surface area contributed by atoms with Crippen LogP contribution in [0.2, 0.25) is 0 Å². The van der Waals surface area contributed by atoms with Gasteiger partial charge in [0.15, 0.2) is 0 Å². The van der Waals surface area contributed by atoms with E-state index in [4.69, 9.17) is 0 Å². The zero-order valence-electron chi connectivity index (χ0n) is 11.7. The highest BCUT2D eigenvalue weighted by Gasteiger charge is 2.29. The number of hydrogen-bond acceptors (Lipinski definition) is 5. The second-order valence-electron chi connectivity index (χ2n) is 5.11. The van der Waals surface area contributed by atoms with Crippen LogP contribution >= 0.6 is 0 Å². The van der Waals surface area contributed by atoms with Crippen LogP contribution in [0.1, 0.15) is 29.2 Å². The number of aryl methyl sites for hydroxylation is 1. The van der Waals surface area contributed by atoms with Crippen molar-refractivity contribution in [2.75, 3.05) is 7.11 Å². The lowest BCUT2D eigenvalue weighted by molar-refractivity contribution is 0.0599. The zero-order chi connectivity index (χ0) is 15.1. The molecule has 0 spiro atoms. The van der Waals surface area contributed by atoms with Crippen molar-refractivity contribution < 1.29 is 14.6 Å². The van der Waals surface area contributed by atoms with Gasteiger partial charge >= 0.3 is 5.97 Å². The summed E-state index contributed by atoms with van der Waals surface area (Å²) < 4.78 is 7.47. The Morgan fingerprint density at radius 1 is 1.43 bits per heavy atom. The number of carbonyl (C=O) groups excluding carboxylic acids is 1. The maximum absolute atomic E-state index is 12.2. The molecule has 2 aromatic heterocycles. The summed E-state index contributed by atoms with van der Waals surface area (Å²) in [4.78, 5) is 23.9. The van der Waals surface area contributed by atoms with E-state index in [0.29, 0.717) is 5.56 Å². The van der Waals surface area contributed by atoms with Gasteiger partial charge in [0.25, 0.3) is 5.56 Å². The van der Waals surface area contributed by atoms with E-state index in [0.717, 1.165) is 12.8 Å². The summed E-state index contributed by atoms with van der Waals surface area (Å²) in [5, 5.41) is 14.4. The van der Waals surface area contributed by atoms with E-state index >= 15 is 0 Å². The lowest BCUT2D eigenvalue weighted by atomic mass is 10.1. The summed E-state index contributed by atoms with van der Waals surface area (Å²) in [6.45, 7) is 0. The van der Waals surface area contributed by atoms with Gasteiger partial charge in [0.1, 0.15) is 0 Å². The summed E-state index contributed by atoms with van der Waals surface area (Å²) in [5.41, 5.74) is 0.486. The minimum atomic E-state index is -0.541. The fourth-order valence-corrected chi connectivity index (χ4v) is 2.27. The van der Waals surface area contributed by atoms with Gasteiger partial charge in [-0.2, -0.15) is 5.10 Å². The molecule has 0 saturated heterocycles. The minimum absolute atomic E-state index is 0.0448. The maximum Gasteiger partial charge on any atom is 0.339 e. The van der Waals surface area contributed by atoms with Crippen LogP contribution in [0, 0.1) is 0 Å². The smallest absolute Gasteiger partial charge is 0.339 e. The Labute approximate surface area is 120 Å². The highest BCUT2D eigenvalue weighted by Crippen LogP contribution is 2.40. The van der Waals surface area contributed by atoms with Crippen molar-refractivity contribution in [3.63, 3.8) is 0 Å². The molecule has 0 aromatic carbocycles. The number of aromatic hydroxyl groups is 1. The van der Waals surface area contributed by atoms with Crippen molar-refractivity contribution in [3.05, 3.63) is 34.4 Å². The van der Waals surface area contributed by atoms with Crippen LogP contribution in [-0.4, -0.2) is 32.5 Å². The molecule has 110 valence electrons. The summed E-state index contributed by atoms with van der Waals surface area (Å²) >= 11 is 0. The van der Waals surface area contributed by atoms with Gasteiger partial charge in [-0.05, 0) is 18.9 Å². The molecule has 0 aliphatic heterocycles. The quantitative estimate of drug-likeness (QED) is 0.854. The number of pyridine rings is 1. The summed E-state index contributed by atoms with van der Waals surface area (Å²) in [5.74, 6) is -0.586. The predicted molar refractivity (Wildman–Crippen MR) is 74.2 cm³/mol. The fraction of sp³-hybridized carbons (Fsp3) is 0.357. The molecule has 2 heterocycles. The van der Waals surface area contributed by atoms with E-state index in [9.17, 15) is 14.7 Å². The molecular weight excluding hydrogens is 274 g/mol. The number of nitrogens with zero attached hydrogens (tertiary/aromatic N) is 3. The van der Waals surface area contributed by atoms with Crippen LogP contribution < -0.4 is 5.56 Å². The van der Waals surface area contributed by atoms with Gasteiger partial charge in [0.2, 0.25) is 5.88 Å². The molecule has 3 rings (SSSR count). The Kier molecular flexibility index (Phi) is 3.04. The zero-order valence-corrected chi connectivity index (χ0v) is 11.7. The number of methoxy groups -OCH3 is 1. The summed E-state index contributed by atoms with van der Waals surface area (Å²) in [6, 6.07) is 1.62. The second kappa shape index (κ2) is 4.76. The van der Waals surface area contributed by atoms with Crippen molar-refractivity contribution >= 4 is 5.97 Å². The van der Waals surface area contributed by atoms with Crippen LogP contribution in [-0.2, 0) is 11.8 Å². The molecule has 1 aliphatic carbocycles. The van der Waals surface area contributed by atoms with Crippen LogP contribution in [0.15, 0.2) is 23.3 Å². The molecule has 2 aromatic rings. The number of rotatable bonds is 3. The van der Waals surface area contributed by atoms with Gasteiger partial charge in [-0.3, -0.25) is 4.79 Å². The lowest BCUT2D eigenvalue weighted by Gasteiger charge is -2.07. The third-order valence-corrected chi connectivity index (χ3v) is 3.56. The average molecular weight is 289 g/mol. The van der Waals surface area contributed by atoms with Crippen molar-refractivity contribution in [1.82, 2.24) is 14.3 Å². The van der Waals surface area contributed by atoms with Gasteiger partial charge in [-0.25, -0.2) is 9.48 Å². The van der Waals surface area contributed by atoms with E-state index in [2.05, 4.69) is 9.84 Å². The van der Waals surface area contributed by atoms with E-state index in [1.165, 1.54) is 34.8 Å². The molecule has 1 fully saturated rings. The Morgan fingerprint density at radius 3 is 2.76 bits per heavy atom. The van der Waals surface area contributed by atoms with Gasteiger partial charge < -0.3 is 14.4 Å². The topological polar surface area (TPSA) is 86.3 Å². The van der Waals surface area contributed by atoms with Crippen molar-refractivity contribution in [1.29, 1.82) is 0 Å². The molecule has 0 amide bonds. The monoisotopic (exact) mass is 289 g/mol. The molecule has 7 heteroatoms. The molecular formula is C14H15N3O4. The molecule has 0 bridgehead atoms. The highest BCUT2D eigenvalue weighted by atomic mass is 16.5. The van der Waals surface area contributed by atoms with Gasteiger partial charge in [-0.15, -0.1) is 0 Å². The first-order valence-corrected chi connectivity index (χ1v) is 6.58. The van der Waals surface area contributed by atoms with E-state index in [1.807, 2.05) is 0 Å². The first-order chi connectivity index (χ1) is 10.0. The number of ether oxygens (including phenoxy) is 1. The van der Waals surface area contributed by atoms with Gasteiger partial charge in [0.05, 0.1) is 36.0 Å². The van der Waals surface area contributed by atoms with Crippen molar-refractivity contribution in [3.8, 4) is 17.0 Å². The van der Waals surface area contributed by atoms with E-state index < -0.39 is 5.97 Å². The highest BCUT2D eigenvalue weighted by molar-refractivity contribution is 5.90. The molecule has 1 N–H and O–H groups in total. The Balaban J connectivity index is 2.15. The molecule has 21 heavy (non-hydrogen) atoms. The molecule has 0 atom stereocenters. The first kappa shape index (κ1) is 13.4. The largest absolute Gasteiger partial charge is 0.493 e. The van der Waals surface area contributed by atoms with Gasteiger partial charge in [0, 0.05) is 13.2 Å². The average Bonchev–Trinajstić information content (AvgIpc) is 3.24. The van der Waals surface area contributed by atoms with Gasteiger partial charge in [-0.1, -0.05) is 0 Å². The van der Waals surface area contributed by atoms with Crippen molar-refractivity contribution in [2.45, 2.75) is 18.9 Å². The van der Waals surface area contributed by atoms with E-state index in [-0.39, 0.29) is 28.6 Å². The third kappa shape index (κ3) is 2.20. The van der Waals surface area contributed by atoms with Crippen LogP contribution in [0.4, 0.5) is 0 Å². The normalized spacial score (nSPS) is 14.2. The summed E-state index contributed by atoms with van der Waals surface area (Å²) in [6.07, 6.45) is 4.79. The Hall–Kier alpha value is -2.57. The van der Waals surface area contributed by atoms with Crippen LogP contribution in [0.5, 0.6) is 5.88 Å². The maximum atomic E-state index is 12.2. The summed E-state index contributed by atoms with van der Waals surface area (Å²) in [7, 11) is 2.82. The molecule has 1 aliphatic rings. The number of carbonyl (C=O) groups is 1. The Bertz CT molecular complexity index is 771. The van der Waals surface area contributed by atoms with Crippen LogP contribution in [0.3, 0.4) is 0 Å². The number of hydrogen-bond donors (Lipinski definition) is 1. The molecule has 7 nitrogen and oxygen atoms in total. The SMILES string of the molecule is COC(=O)c1cc(-c2cnn(C3CC3)c2O)c(=O)n(C)c1. The first-order valence-electron chi connectivity index (χ1n) is 6.58. The molecule has 0 unspecified atom stereocenters. The number of esters is 1. The van der Waals surface area contributed by atoms with Crippen LogP contribution in [0.25, 0.3) is 11.1 Å². The third-order valence-electron chi connectivity index (χ3n) is 3.56. The fourth-order valence-electron chi connectivity index (χ4n) is 2.27. The second-order valence-corrected chi connectivity index (χ2v) is 5.11. The molecule has 1 saturated carbocycles. The van der Waals surface area contributed by atoms with Crippen molar-refractivity contribution in [2.24, 2.45) is 7.05 Å². The Morgan fingerprint density at radius 2 is 2.14 bits per heavy atom. The standard InChI is InChI=1S/C14H15N3O4/c1-16-7-8(14(20)21-2)5-10(12(16)18)11-6-15-17(13(11)19)9-3-4-9/h5-7,9,19H,3-4H2,1-2H3. The molecule has 0 radical (unpaired) electrons. The number of aromatic nitrogens is 3. The van der Waals surface area contributed by atoms with E-state index in [1.54, 1.807) is 7.05 Å². The predicted octanol–water partition coefficient (Wildman–Crippen LogP) is 1.08. The lowest BCUT2D eigenvalue weighted by Crippen LogP contribution is -2.20.